The van der Waals surface area contributed by atoms with Crippen LogP contribution in [0.25, 0.3) is 11.0 Å². The Labute approximate surface area is 200 Å². The molecule has 35 heavy (non-hydrogen) atoms. The zero-order chi connectivity index (χ0) is 24.2. The van der Waals surface area contributed by atoms with Crippen LogP contribution in [0.2, 0.25) is 0 Å². The quantitative estimate of drug-likeness (QED) is 0.493. The molecule has 1 aromatic heterocycles. The molecule has 0 unspecified atom stereocenters. The average Bonchev–Trinajstić information content (AvgIpc) is 3.41. The van der Waals surface area contributed by atoms with E-state index in [4.69, 9.17) is 9.47 Å². The lowest BCUT2D eigenvalue weighted by atomic mass is 9.84. The Bertz CT molecular complexity index is 1270. The van der Waals surface area contributed by atoms with Gasteiger partial charge in [-0.2, -0.15) is 13.2 Å². The van der Waals surface area contributed by atoms with E-state index in [1.807, 2.05) is 23.1 Å². The second-order valence-corrected chi connectivity index (χ2v) is 9.65. The molecule has 0 spiro atoms. The van der Waals surface area contributed by atoms with Gasteiger partial charge in [-0.1, -0.05) is 12.5 Å². The average molecular weight is 486 g/mol. The van der Waals surface area contributed by atoms with Gasteiger partial charge in [-0.15, -0.1) is 0 Å². The predicted molar refractivity (Wildman–Crippen MR) is 122 cm³/mol. The number of likely N-dealkylation sites (tertiary alicyclic amines) is 1. The number of halogens is 3. The second-order valence-electron chi connectivity index (χ2n) is 9.65. The van der Waals surface area contributed by atoms with E-state index in [0.29, 0.717) is 42.4 Å². The molecular weight excluding hydrogens is 459 g/mol. The number of alkyl halides is 3. The maximum atomic E-state index is 13.3. The van der Waals surface area contributed by atoms with Gasteiger partial charge < -0.3 is 18.9 Å². The molecule has 3 heterocycles. The highest BCUT2D eigenvalue weighted by Crippen LogP contribution is 2.41. The Morgan fingerprint density at radius 2 is 1.77 bits per heavy atom. The highest BCUT2D eigenvalue weighted by atomic mass is 19.4. The summed E-state index contributed by atoms with van der Waals surface area (Å²) in [7, 11) is 0. The van der Waals surface area contributed by atoms with Gasteiger partial charge in [0.2, 0.25) is 12.7 Å². The summed E-state index contributed by atoms with van der Waals surface area (Å²) in [5, 5.41) is 0. The highest BCUT2D eigenvalue weighted by Gasteiger charge is 2.34. The van der Waals surface area contributed by atoms with Gasteiger partial charge in [0.25, 0.3) is 0 Å². The summed E-state index contributed by atoms with van der Waals surface area (Å²) in [6, 6.07) is 9.55. The van der Waals surface area contributed by atoms with E-state index >= 15 is 0 Å². The van der Waals surface area contributed by atoms with Crippen molar-refractivity contribution in [2.75, 3.05) is 19.9 Å². The van der Waals surface area contributed by atoms with Gasteiger partial charge >= 0.3 is 6.18 Å². The van der Waals surface area contributed by atoms with Crippen LogP contribution >= 0.6 is 0 Å². The molecule has 1 saturated carbocycles. The summed E-state index contributed by atoms with van der Waals surface area (Å²) in [6.07, 6.45) is 0.554. The van der Waals surface area contributed by atoms with Crippen molar-refractivity contribution in [3.8, 4) is 11.5 Å². The number of amides is 1. The lowest BCUT2D eigenvalue weighted by molar-refractivity contribution is -0.137. The summed E-state index contributed by atoms with van der Waals surface area (Å²) in [5.74, 6) is 2.61. The summed E-state index contributed by atoms with van der Waals surface area (Å²) < 4.78 is 52.7. The molecule has 6 nitrogen and oxygen atoms in total. The van der Waals surface area contributed by atoms with Gasteiger partial charge in [-0.25, -0.2) is 4.98 Å². The molecule has 0 atom stereocenters. The number of piperidine rings is 1. The fourth-order valence-electron chi connectivity index (χ4n) is 5.34. The van der Waals surface area contributed by atoms with Crippen LogP contribution in [0.4, 0.5) is 13.2 Å². The van der Waals surface area contributed by atoms with Crippen LogP contribution < -0.4 is 9.47 Å². The molecule has 1 aliphatic carbocycles. The monoisotopic (exact) mass is 485 g/mol. The first-order valence-corrected chi connectivity index (χ1v) is 12.1. The number of ether oxygens (including phenoxy) is 2. The molecule has 0 N–H and O–H groups in total. The Balaban J connectivity index is 1.19. The topological polar surface area (TPSA) is 56.6 Å². The van der Waals surface area contributed by atoms with Crippen molar-refractivity contribution in [3.05, 3.63) is 53.3 Å². The summed E-state index contributed by atoms with van der Waals surface area (Å²) >= 11 is 0. The molecule has 3 aliphatic rings. The Kier molecular flexibility index (Phi) is 5.38. The van der Waals surface area contributed by atoms with E-state index in [1.165, 1.54) is 0 Å². The van der Waals surface area contributed by atoms with E-state index < -0.39 is 11.7 Å². The molecule has 0 radical (unpaired) electrons. The van der Waals surface area contributed by atoms with Gasteiger partial charge in [-0.05, 0) is 61.6 Å². The number of hydrogen-bond acceptors (Lipinski definition) is 4. The molecule has 1 saturated heterocycles. The molecule has 6 rings (SSSR count). The van der Waals surface area contributed by atoms with E-state index in [9.17, 15) is 18.0 Å². The lowest BCUT2D eigenvalue weighted by Crippen LogP contribution is -2.40. The molecule has 2 aliphatic heterocycles. The van der Waals surface area contributed by atoms with E-state index in [1.54, 1.807) is 6.07 Å². The van der Waals surface area contributed by atoms with Crippen LogP contribution in [0.15, 0.2) is 36.4 Å². The number of aromatic nitrogens is 2. The van der Waals surface area contributed by atoms with Crippen LogP contribution in [0.3, 0.4) is 0 Å². The second kappa shape index (κ2) is 8.46. The van der Waals surface area contributed by atoms with Crippen molar-refractivity contribution in [1.29, 1.82) is 0 Å². The fourth-order valence-corrected chi connectivity index (χ4v) is 5.34. The highest BCUT2D eigenvalue weighted by molar-refractivity contribution is 5.79. The smallest absolute Gasteiger partial charge is 0.416 e. The van der Waals surface area contributed by atoms with Gasteiger partial charge in [0.05, 0.1) is 23.0 Å². The third-order valence-electron chi connectivity index (χ3n) is 7.49. The Morgan fingerprint density at radius 1 is 1.00 bits per heavy atom. The van der Waals surface area contributed by atoms with Crippen molar-refractivity contribution >= 4 is 16.9 Å². The third-order valence-corrected chi connectivity index (χ3v) is 7.49. The molecule has 3 aromatic rings. The molecule has 2 aromatic carbocycles. The standard InChI is InChI=1S/C26H26F3N3O3/c27-26(28,29)18-5-6-21-20(14-18)30-25(17-2-1-3-17)32(21)19-8-10-31(11-9-19)24(33)13-16-4-7-22-23(12-16)35-15-34-22/h4-7,12,14,17,19H,1-3,8-11,13,15H2. The number of nitrogens with zero attached hydrogens (tertiary/aromatic N) is 3. The van der Waals surface area contributed by atoms with Crippen molar-refractivity contribution in [3.63, 3.8) is 0 Å². The molecular formula is C26H26F3N3O3. The van der Waals surface area contributed by atoms with Crippen molar-refractivity contribution in [2.24, 2.45) is 0 Å². The molecule has 9 heteroatoms. The Morgan fingerprint density at radius 3 is 2.49 bits per heavy atom. The van der Waals surface area contributed by atoms with Crippen LogP contribution in [0, 0.1) is 0 Å². The first kappa shape index (κ1) is 22.2. The van der Waals surface area contributed by atoms with Crippen molar-refractivity contribution in [1.82, 2.24) is 14.5 Å². The lowest BCUT2D eigenvalue weighted by Gasteiger charge is -2.35. The SMILES string of the molecule is O=C(Cc1ccc2c(c1)OCO2)N1CCC(n2c(C3CCC3)nc3cc(C(F)(F)F)ccc32)CC1. The van der Waals surface area contributed by atoms with Crippen LogP contribution in [0.5, 0.6) is 11.5 Å². The third kappa shape index (κ3) is 4.10. The number of imidazole rings is 1. The normalized spacial score (nSPS) is 18.8. The number of rotatable bonds is 4. The first-order chi connectivity index (χ1) is 16.9. The maximum Gasteiger partial charge on any atom is 0.416 e. The van der Waals surface area contributed by atoms with Gasteiger partial charge in [0.1, 0.15) is 5.82 Å². The van der Waals surface area contributed by atoms with Gasteiger partial charge in [0, 0.05) is 25.0 Å². The van der Waals surface area contributed by atoms with E-state index in [0.717, 1.165) is 61.1 Å². The molecule has 0 bridgehead atoms. The maximum absolute atomic E-state index is 13.3. The summed E-state index contributed by atoms with van der Waals surface area (Å²) in [5.41, 5.74) is 1.38. The van der Waals surface area contributed by atoms with Gasteiger partial charge in [-0.3, -0.25) is 4.79 Å². The number of fused-ring (bicyclic) bond motifs is 2. The summed E-state index contributed by atoms with van der Waals surface area (Å²) in [6.45, 7) is 1.42. The minimum atomic E-state index is -4.39. The van der Waals surface area contributed by atoms with Crippen molar-refractivity contribution in [2.45, 2.75) is 56.7 Å². The van der Waals surface area contributed by atoms with Gasteiger partial charge in [0.15, 0.2) is 11.5 Å². The molecule has 184 valence electrons. The minimum Gasteiger partial charge on any atom is -0.454 e. The fraction of sp³-hybridized carbons (Fsp3) is 0.462. The van der Waals surface area contributed by atoms with E-state index in [-0.39, 0.29) is 18.7 Å². The van der Waals surface area contributed by atoms with Crippen molar-refractivity contribution < 1.29 is 27.4 Å². The number of carbonyl (C=O) groups is 1. The number of carbonyl (C=O) groups excluding carboxylic acids is 1. The van der Waals surface area contributed by atoms with Crippen LogP contribution in [-0.2, 0) is 17.4 Å². The molecule has 1 amide bonds. The largest absolute Gasteiger partial charge is 0.454 e. The number of benzene rings is 2. The Hall–Kier alpha value is -3.23. The zero-order valence-electron chi connectivity index (χ0n) is 19.2. The first-order valence-electron chi connectivity index (χ1n) is 12.1. The molecule has 2 fully saturated rings. The predicted octanol–water partition coefficient (Wildman–Crippen LogP) is 5.46. The van der Waals surface area contributed by atoms with E-state index in [2.05, 4.69) is 9.55 Å². The summed E-state index contributed by atoms with van der Waals surface area (Å²) in [4.78, 5) is 19.5. The van der Waals surface area contributed by atoms with Crippen LogP contribution in [0.1, 0.15) is 61.0 Å². The zero-order valence-corrected chi connectivity index (χ0v) is 19.2. The minimum absolute atomic E-state index is 0.0619. The number of hydrogen-bond donors (Lipinski definition) is 0. The van der Waals surface area contributed by atoms with Crippen LogP contribution in [-0.4, -0.2) is 40.2 Å².